The van der Waals surface area contributed by atoms with Crippen molar-refractivity contribution >= 4 is 50.3 Å². The molecule has 0 radical (unpaired) electrons. The van der Waals surface area contributed by atoms with E-state index in [1.165, 1.54) is 43.3 Å². The van der Waals surface area contributed by atoms with Gasteiger partial charge in [-0.3, -0.25) is 42.8 Å². The second kappa shape index (κ2) is 31.1. The van der Waals surface area contributed by atoms with Crippen LogP contribution in [0.3, 0.4) is 0 Å². The van der Waals surface area contributed by atoms with E-state index in [4.69, 9.17) is 55.9 Å². The molecule has 23 nitrogen and oxygen atoms in total. The number of ether oxygens (including phenoxy) is 2. The maximum absolute atomic E-state index is 15.3. The largest absolute Gasteiger partial charge is 0.513 e. The third-order valence-corrected chi connectivity index (χ3v) is 19.0. The Morgan fingerprint density at radius 1 is 0.611 bits per heavy atom. The predicted molar refractivity (Wildman–Crippen MR) is 309 cm³/mol. The summed E-state index contributed by atoms with van der Waals surface area (Å²) in [6.45, 7) is 1.58. The number of aromatic nitrogens is 4. The normalized spacial score (nSPS) is 25.7. The fourth-order valence-corrected chi connectivity index (χ4v) is 13.8. The fraction of sp³-hybridized carbons (Fsp3) is 0.500. The fourth-order valence-electron chi connectivity index (χ4n) is 10.1. The Balaban J connectivity index is 0.000000204. The summed E-state index contributed by atoms with van der Waals surface area (Å²) in [7, 11) is -9.12. The third kappa shape index (κ3) is 18.0. The summed E-state index contributed by atoms with van der Waals surface area (Å²) in [6.07, 6.45) is 2.53. The maximum Gasteiger partial charge on any atom is 0.513 e. The van der Waals surface area contributed by atoms with Crippen molar-refractivity contribution < 1.29 is 92.3 Å². The maximum atomic E-state index is 15.3. The zero-order valence-corrected chi connectivity index (χ0v) is 51.3. The van der Waals surface area contributed by atoms with E-state index >= 15 is 4.39 Å². The second-order valence-corrected chi connectivity index (χ2v) is 26.1. The average molecular weight is 1360 g/mol. The lowest BCUT2D eigenvalue weighted by Crippen LogP contribution is -2.42. The van der Waals surface area contributed by atoms with E-state index in [1.54, 1.807) is 31.2 Å². The molecule has 4 aliphatic rings. The molecule has 7 N–H and O–H groups in total. The molecule has 12 atom stereocenters. The van der Waals surface area contributed by atoms with Gasteiger partial charge in [0.15, 0.2) is 12.5 Å². The van der Waals surface area contributed by atoms with Gasteiger partial charge in [0.2, 0.25) is 34.8 Å². The van der Waals surface area contributed by atoms with Crippen LogP contribution in [-0.4, -0.2) is 106 Å². The molecule has 0 bridgehead atoms. The predicted octanol–water partition coefficient (Wildman–Crippen LogP) is 8.58. The Morgan fingerprint density at radius 2 is 0.989 bits per heavy atom. The molecular weight excluding hydrogens is 1290 g/mol. The molecule has 2 unspecified atom stereocenters. The lowest BCUT2D eigenvalue weighted by molar-refractivity contribution is -0.122. The average Bonchev–Trinajstić information content (AvgIpc) is 1.56. The first-order valence-electron chi connectivity index (χ1n) is 28.3. The number of nitrogens with one attached hydrogen (secondary N) is 4. The number of benzene rings is 3. The van der Waals surface area contributed by atoms with Crippen LogP contribution in [0.4, 0.5) is 30.7 Å². The lowest BCUT2D eigenvalue weighted by atomic mass is 9.85. The van der Waals surface area contributed by atoms with E-state index < -0.39 is 145 Å². The quantitative estimate of drug-likeness (QED) is 0.0112. The van der Waals surface area contributed by atoms with Crippen molar-refractivity contribution in [2.75, 3.05) is 13.2 Å². The molecule has 0 amide bonds. The van der Waals surface area contributed by atoms with Crippen molar-refractivity contribution in [2.24, 2.45) is 11.8 Å². The van der Waals surface area contributed by atoms with Crippen LogP contribution in [0, 0.1) is 40.9 Å². The molecule has 2 aliphatic heterocycles. The van der Waals surface area contributed by atoms with E-state index in [-0.39, 0.29) is 41.3 Å². The molecule has 2 aromatic heterocycles. The van der Waals surface area contributed by atoms with Gasteiger partial charge >= 0.3 is 26.9 Å². The number of hydrogen-bond donors (Lipinski definition) is 7. The summed E-state index contributed by atoms with van der Waals surface area (Å²) in [4.78, 5) is 75.3. The number of aliphatic hydroxyl groups is 3. The Labute approximate surface area is 518 Å². The number of Topliss-reactive ketones (excluding diaryl/α,β-unsaturated/α-hetero) is 2. The van der Waals surface area contributed by atoms with Gasteiger partial charge in [-0.15, -0.1) is 0 Å². The van der Waals surface area contributed by atoms with Gasteiger partial charge in [-0.05, 0) is 49.9 Å². The SMILES string of the molecule is C[C@H](NP(=O)(OC[C@H]1O[C@@H](n2ccc(=O)[nH]c2=O)[C@@](F)(Cl)[C@@H]1O)Oc1ccccc1)C(=O)CC1CCCCC1.C[C@H](NP(=O)(Oc1ccccc1)Oc1c(F)c(F)c(F)c(F)c1F)C(=O)CC1CCCCC1.O=c1ccn([C@@H]2O[C@H](CO)[C@@H](O)[C@]2(F)Cl)c(=O)[nH]1. The first-order chi connectivity index (χ1) is 42.5. The molecular formula is C56H65Cl2F7N6O17P2. The van der Waals surface area contributed by atoms with Crippen LogP contribution in [0.15, 0.2) is 104 Å². The minimum absolute atomic E-state index is 0.0795. The Kier molecular flexibility index (Phi) is 24.7. The molecule has 4 fully saturated rings. The number of aromatic amines is 2. The van der Waals surface area contributed by atoms with Crippen molar-refractivity contribution in [2.45, 2.75) is 150 Å². The smallest absolute Gasteiger partial charge is 0.413 e. The van der Waals surface area contributed by atoms with Gasteiger partial charge in [0, 0.05) is 37.4 Å². The number of halogens is 9. The van der Waals surface area contributed by atoms with Crippen LogP contribution in [0.2, 0.25) is 0 Å². The lowest BCUT2D eigenvalue weighted by Gasteiger charge is -2.26. The zero-order chi connectivity index (χ0) is 65.9. The van der Waals surface area contributed by atoms with Gasteiger partial charge in [0.25, 0.3) is 21.4 Å². The van der Waals surface area contributed by atoms with Gasteiger partial charge in [-0.2, -0.15) is 13.9 Å². The second-order valence-electron chi connectivity index (χ2n) is 21.7. The number of nitrogens with zero attached hydrogens (tertiary/aromatic N) is 2. The minimum atomic E-state index is -4.84. The molecule has 2 saturated heterocycles. The van der Waals surface area contributed by atoms with Crippen molar-refractivity contribution in [3.63, 3.8) is 0 Å². The van der Waals surface area contributed by atoms with Crippen LogP contribution in [-0.2, 0) is 32.7 Å². The number of aliphatic hydroxyl groups excluding tert-OH is 3. The van der Waals surface area contributed by atoms with E-state index in [1.807, 2.05) is 9.97 Å². The third-order valence-electron chi connectivity index (χ3n) is 15.0. The molecule has 0 spiro atoms. The number of H-pyrrole nitrogens is 2. The molecule has 494 valence electrons. The first kappa shape index (κ1) is 71.4. The van der Waals surface area contributed by atoms with Crippen LogP contribution >= 0.6 is 38.7 Å². The van der Waals surface area contributed by atoms with E-state index in [0.717, 1.165) is 88.7 Å². The topological polar surface area (TPSA) is 318 Å². The van der Waals surface area contributed by atoms with E-state index in [9.17, 15) is 74.5 Å². The number of alkyl halides is 4. The Hall–Kier alpha value is -6.01. The number of ketones is 2. The molecule has 4 heterocycles. The van der Waals surface area contributed by atoms with Crippen LogP contribution in [0.25, 0.3) is 0 Å². The Morgan fingerprint density at radius 3 is 1.39 bits per heavy atom. The minimum Gasteiger partial charge on any atom is -0.413 e. The van der Waals surface area contributed by atoms with Gasteiger partial charge in [-0.1, -0.05) is 124 Å². The highest BCUT2D eigenvalue weighted by Gasteiger charge is 2.59. The molecule has 90 heavy (non-hydrogen) atoms. The van der Waals surface area contributed by atoms with Gasteiger partial charge < -0.3 is 38.4 Å². The zero-order valence-electron chi connectivity index (χ0n) is 48.0. The van der Waals surface area contributed by atoms with Crippen LogP contribution in [0.5, 0.6) is 17.2 Å². The van der Waals surface area contributed by atoms with Crippen molar-refractivity contribution in [1.82, 2.24) is 29.3 Å². The first-order valence-corrected chi connectivity index (χ1v) is 32.1. The van der Waals surface area contributed by atoms with Crippen molar-refractivity contribution in [3.8, 4) is 17.2 Å². The highest BCUT2D eigenvalue weighted by atomic mass is 35.5. The summed E-state index contributed by atoms with van der Waals surface area (Å²) >= 11 is 11.4. The van der Waals surface area contributed by atoms with Crippen LogP contribution < -0.4 is 46.2 Å². The summed E-state index contributed by atoms with van der Waals surface area (Å²) in [6, 6.07) is 15.3. The highest BCUT2D eigenvalue weighted by Crippen LogP contribution is 2.51. The van der Waals surface area contributed by atoms with Crippen molar-refractivity contribution in [1.29, 1.82) is 0 Å². The number of carbonyl (C=O) groups is 2. The highest BCUT2D eigenvalue weighted by molar-refractivity contribution is 7.52. The summed E-state index contributed by atoms with van der Waals surface area (Å²) in [5.74, 6) is -13.3. The summed E-state index contributed by atoms with van der Waals surface area (Å²) < 4.78 is 159. The van der Waals surface area contributed by atoms with Crippen LogP contribution in [0.1, 0.15) is 103 Å². The molecule has 5 aromatic rings. The van der Waals surface area contributed by atoms with Crippen molar-refractivity contribution in [3.05, 3.63) is 156 Å². The monoisotopic (exact) mass is 1360 g/mol. The number of para-hydroxylation sites is 2. The van der Waals surface area contributed by atoms with E-state index in [2.05, 4.69) is 10.2 Å². The van der Waals surface area contributed by atoms with Gasteiger partial charge in [0.1, 0.15) is 47.5 Å². The summed E-state index contributed by atoms with van der Waals surface area (Å²) in [5, 5.41) is 28.1. The van der Waals surface area contributed by atoms with Gasteiger partial charge in [0.05, 0.1) is 25.3 Å². The number of carbonyl (C=O) groups excluding carboxylic acids is 2. The molecule has 3 aromatic carbocycles. The summed E-state index contributed by atoms with van der Waals surface area (Å²) in [5.41, 5.74) is -3.31. The Bertz CT molecular complexity index is 3590. The molecule has 2 saturated carbocycles. The molecule has 9 rings (SSSR count). The van der Waals surface area contributed by atoms with Gasteiger partial charge in [-0.25, -0.2) is 45.8 Å². The molecule has 34 heteroatoms. The number of hydrogen-bond acceptors (Lipinski definition) is 17. The van der Waals surface area contributed by atoms with E-state index in [0.29, 0.717) is 15.6 Å². The molecule has 2 aliphatic carbocycles. The number of rotatable bonds is 22. The standard InChI is InChI=1S/C25H32ClFN3O8P.C22H23F5NO4P.C9H10ClFN2O5/c1-16(19(31)14-17-8-4-2-5-9-17)29-39(35,38-18-10-6-3-7-11-18)36-15-20-22(33)25(26,27)23(37-20)30-13-12-21(32)28-24(30)34;1-13(16(29)12-14-8-4-2-5-9-14)28-33(30,31-15-10-6-3-7-11-15)32-22-20(26)18(24)17(23)19(25)21(22)27;10-9(11)6(16)4(3-14)18-7(9)13-2-1-5(15)12-8(13)17/h3,6-7,10-13,16-17,20,22-23,33H,2,4-5,8-9,14-15H2,1H3,(H,29,35)(H,28,32,34);3,6-7,10-11,13-14H,2,4-5,8-9,12H2,1H3,(H,28,30);1-2,4,6-7,14,16H,3H2,(H,12,15,17)/t16-,20+,22+,23+,25+,39?;13-,33?;4-,6-,7-,9-/m001/s1.